The highest BCUT2D eigenvalue weighted by Crippen LogP contribution is 2.47. The van der Waals surface area contributed by atoms with Gasteiger partial charge in [0.2, 0.25) is 0 Å². The number of ether oxygens (including phenoxy) is 2. The van der Waals surface area contributed by atoms with E-state index in [0.29, 0.717) is 6.42 Å². The lowest BCUT2D eigenvalue weighted by atomic mass is 9.82. The highest BCUT2D eigenvalue weighted by atomic mass is 31.1. The molecule has 0 saturated heterocycles. The Kier molecular flexibility index (Phi) is 5.55. The molecule has 2 aromatic rings. The van der Waals surface area contributed by atoms with Gasteiger partial charge in [0.25, 0.3) is 9.03 Å². The number of hydrogen-bond acceptors (Lipinski definition) is 4. The van der Waals surface area contributed by atoms with Gasteiger partial charge in [-0.3, -0.25) is 0 Å². The molecule has 0 radical (unpaired) electrons. The molecule has 0 unspecified atom stereocenters. The van der Waals surface area contributed by atoms with E-state index in [2.05, 4.69) is 65.8 Å². The Balaban J connectivity index is 2.22. The van der Waals surface area contributed by atoms with Gasteiger partial charge in [0.1, 0.15) is 23.0 Å². The summed E-state index contributed by atoms with van der Waals surface area (Å²) in [6, 6.07) is 8.27. The zero-order chi connectivity index (χ0) is 20.7. The van der Waals surface area contributed by atoms with E-state index in [1.165, 1.54) is 0 Å². The van der Waals surface area contributed by atoms with Gasteiger partial charge in [-0.25, -0.2) is 0 Å². The molecule has 0 aliphatic carbocycles. The first-order valence-electron chi connectivity index (χ1n) is 9.56. The molecule has 152 valence electrons. The van der Waals surface area contributed by atoms with Crippen LogP contribution >= 0.6 is 9.03 Å². The molecule has 0 N–H and O–H groups in total. The van der Waals surface area contributed by atoms with E-state index in [-0.39, 0.29) is 19.9 Å². The van der Waals surface area contributed by atoms with Crippen LogP contribution in [-0.2, 0) is 17.3 Å². The fourth-order valence-corrected chi connectivity index (χ4v) is 4.17. The van der Waals surface area contributed by atoms with Crippen LogP contribution in [-0.4, -0.2) is 14.2 Å². The van der Waals surface area contributed by atoms with Gasteiger partial charge in [0.15, 0.2) is 0 Å². The summed E-state index contributed by atoms with van der Waals surface area (Å²) in [7, 11) is 3.30. The van der Waals surface area contributed by atoms with Crippen LogP contribution in [0.5, 0.6) is 23.0 Å². The molecule has 0 bridgehead atoms. The quantitative estimate of drug-likeness (QED) is 0.563. The molecule has 0 fully saturated rings. The zero-order valence-corrected chi connectivity index (χ0v) is 19.1. The van der Waals surface area contributed by atoms with Crippen molar-refractivity contribution in [2.75, 3.05) is 14.2 Å². The summed E-state index contributed by atoms with van der Waals surface area (Å²) in [6.45, 7) is 13.1. The van der Waals surface area contributed by atoms with Crippen molar-refractivity contribution in [1.82, 2.24) is 0 Å². The third-order valence-corrected chi connectivity index (χ3v) is 5.61. The maximum atomic E-state index is 6.19. The summed E-state index contributed by atoms with van der Waals surface area (Å²) in [5.74, 6) is 3.49. The lowest BCUT2D eigenvalue weighted by molar-refractivity contribution is 0.405. The topological polar surface area (TPSA) is 36.9 Å². The van der Waals surface area contributed by atoms with Crippen LogP contribution in [0.4, 0.5) is 0 Å². The highest BCUT2D eigenvalue weighted by Gasteiger charge is 2.29. The average molecular weight is 402 g/mol. The lowest BCUT2D eigenvalue weighted by Crippen LogP contribution is -2.17. The van der Waals surface area contributed by atoms with E-state index in [1.54, 1.807) is 14.2 Å². The maximum absolute atomic E-state index is 6.19. The van der Waals surface area contributed by atoms with Crippen LogP contribution in [0.25, 0.3) is 0 Å². The van der Waals surface area contributed by atoms with Crippen molar-refractivity contribution >= 4 is 9.03 Å². The van der Waals surface area contributed by atoms with Crippen molar-refractivity contribution in [3.63, 3.8) is 0 Å². The number of benzene rings is 2. The first-order valence-corrected chi connectivity index (χ1v) is 10.4. The highest BCUT2D eigenvalue weighted by molar-refractivity contribution is 7.27. The molecular weight excluding hydrogens is 371 g/mol. The van der Waals surface area contributed by atoms with E-state index in [9.17, 15) is 0 Å². The largest absolute Gasteiger partial charge is 0.497 e. The van der Waals surface area contributed by atoms with Crippen LogP contribution in [0, 0.1) is 0 Å². The fraction of sp³-hybridized carbons (Fsp3) is 0.478. The minimum atomic E-state index is -0.111. The Morgan fingerprint density at radius 1 is 0.714 bits per heavy atom. The molecule has 2 aromatic carbocycles. The second-order valence-corrected chi connectivity index (χ2v) is 9.87. The van der Waals surface area contributed by atoms with Crippen molar-refractivity contribution in [2.24, 2.45) is 0 Å². The molecule has 4 nitrogen and oxygen atoms in total. The third kappa shape index (κ3) is 4.07. The molecule has 0 amide bonds. The summed E-state index contributed by atoms with van der Waals surface area (Å²) in [5.41, 5.74) is 4.32. The minimum absolute atomic E-state index is 0.0733. The number of rotatable bonds is 2. The fourth-order valence-electron chi connectivity index (χ4n) is 3.48. The maximum Gasteiger partial charge on any atom is 0.275 e. The molecule has 0 atom stereocenters. The number of methoxy groups -OCH3 is 2. The Bertz CT molecular complexity index is 804. The van der Waals surface area contributed by atoms with Crippen LogP contribution in [0.15, 0.2) is 24.3 Å². The molecule has 0 saturated carbocycles. The summed E-state index contributed by atoms with van der Waals surface area (Å²) in [6.07, 6.45) is 0.690. The van der Waals surface area contributed by atoms with Crippen LogP contribution in [0.2, 0.25) is 0 Å². The van der Waals surface area contributed by atoms with Gasteiger partial charge in [0.05, 0.1) is 14.2 Å². The van der Waals surface area contributed by atoms with Gasteiger partial charge in [-0.15, -0.1) is 0 Å². The number of fused-ring (bicyclic) bond motifs is 2. The van der Waals surface area contributed by atoms with E-state index in [0.717, 1.165) is 45.3 Å². The van der Waals surface area contributed by atoms with Crippen molar-refractivity contribution in [3.8, 4) is 23.0 Å². The molecule has 28 heavy (non-hydrogen) atoms. The minimum Gasteiger partial charge on any atom is -0.497 e. The molecule has 0 aromatic heterocycles. The van der Waals surface area contributed by atoms with Crippen molar-refractivity contribution < 1.29 is 18.5 Å². The molecular formula is C23H31O4P. The van der Waals surface area contributed by atoms with Crippen molar-refractivity contribution in [2.45, 2.75) is 58.8 Å². The molecule has 1 heterocycles. The Hall–Kier alpha value is -1.93. The second-order valence-electron chi connectivity index (χ2n) is 9.29. The van der Waals surface area contributed by atoms with E-state index in [4.69, 9.17) is 18.5 Å². The van der Waals surface area contributed by atoms with Crippen molar-refractivity contribution in [1.29, 1.82) is 0 Å². The average Bonchev–Trinajstić information content (AvgIpc) is 2.59. The van der Waals surface area contributed by atoms with Gasteiger partial charge < -0.3 is 18.5 Å². The van der Waals surface area contributed by atoms with Crippen LogP contribution in [0.1, 0.15) is 63.8 Å². The molecule has 0 spiro atoms. The van der Waals surface area contributed by atoms with Crippen LogP contribution < -0.4 is 18.5 Å². The molecule has 1 aliphatic heterocycles. The molecule has 5 heteroatoms. The Labute approximate surface area is 170 Å². The SMILES string of the molecule is COc1cc2c(c(C(C)(C)C)c1)OPOc1c(cc(OC)cc1C(C)(C)C)C2. The van der Waals surface area contributed by atoms with Gasteiger partial charge >= 0.3 is 0 Å². The smallest absolute Gasteiger partial charge is 0.275 e. The predicted octanol–water partition coefficient (Wildman–Crippen LogP) is 6.17. The first-order chi connectivity index (χ1) is 13.0. The monoisotopic (exact) mass is 402 g/mol. The lowest BCUT2D eigenvalue weighted by Gasteiger charge is -2.30. The summed E-state index contributed by atoms with van der Waals surface area (Å²) < 4.78 is 23.6. The van der Waals surface area contributed by atoms with Gasteiger partial charge in [-0.05, 0) is 35.1 Å². The third-order valence-electron chi connectivity index (χ3n) is 5.03. The van der Waals surface area contributed by atoms with Gasteiger partial charge in [0, 0.05) is 28.7 Å². The Morgan fingerprint density at radius 3 is 1.43 bits per heavy atom. The summed E-state index contributed by atoms with van der Waals surface area (Å²) in [4.78, 5) is 0. The first kappa shape index (κ1) is 20.8. The summed E-state index contributed by atoms with van der Waals surface area (Å²) >= 11 is 0. The van der Waals surface area contributed by atoms with Gasteiger partial charge in [-0.2, -0.15) is 0 Å². The van der Waals surface area contributed by atoms with E-state index >= 15 is 0 Å². The van der Waals surface area contributed by atoms with E-state index in [1.807, 2.05) is 0 Å². The molecule has 3 rings (SSSR count). The zero-order valence-electron chi connectivity index (χ0n) is 18.1. The van der Waals surface area contributed by atoms with Crippen molar-refractivity contribution in [3.05, 3.63) is 46.5 Å². The van der Waals surface area contributed by atoms with Crippen LogP contribution in [0.3, 0.4) is 0 Å². The normalized spacial score (nSPS) is 14.0. The summed E-state index contributed by atoms with van der Waals surface area (Å²) in [5, 5.41) is 0. The standard InChI is InChI=1S/C23H31O4P/c1-22(2,3)18-12-16(24-7)10-14-9-15-11-17(25-8)13-19(23(4,5)6)21(15)27-28-26-20(14)18/h10-13,28H,9H2,1-8H3. The molecule has 1 aliphatic rings. The number of hydrogen-bond donors (Lipinski definition) is 0. The van der Waals surface area contributed by atoms with Gasteiger partial charge in [-0.1, -0.05) is 41.5 Å². The van der Waals surface area contributed by atoms with E-state index < -0.39 is 0 Å². The Morgan fingerprint density at radius 2 is 1.11 bits per heavy atom. The second kappa shape index (κ2) is 7.48. The predicted molar refractivity (Wildman–Crippen MR) is 116 cm³/mol.